The number of likely N-dealkylation sites (tertiary alicyclic amines) is 1. The topological polar surface area (TPSA) is 47.4 Å². The molecule has 2 atom stereocenters. The van der Waals surface area contributed by atoms with Crippen LogP contribution in [0.25, 0.3) is 11.3 Å². The summed E-state index contributed by atoms with van der Waals surface area (Å²) in [5.74, 6) is 0.697. The Labute approximate surface area is 177 Å². The molecule has 5 nitrogen and oxygen atoms in total. The highest BCUT2D eigenvalue weighted by Crippen LogP contribution is 2.29. The van der Waals surface area contributed by atoms with E-state index in [0.717, 1.165) is 68.2 Å². The van der Waals surface area contributed by atoms with Gasteiger partial charge in [-0.1, -0.05) is 49.0 Å². The summed E-state index contributed by atoms with van der Waals surface area (Å²) in [5, 5.41) is 0.915. The van der Waals surface area contributed by atoms with Crippen LogP contribution in [0.4, 0.5) is 0 Å². The molecule has 29 heavy (non-hydrogen) atoms. The molecule has 0 N–H and O–H groups in total. The molecule has 2 aliphatic heterocycles. The van der Waals surface area contributed by atoms with Gasteiger partial charge in [0.25, 0.3) is 0 Å². The normalized spacial score (nSPS) is 22.2. The summed E-state index contributed by atoms with van der Waals surface area (Å²) in [6.07, 6.45) is 8.91. The molecule has 2 unspecified atom stereocenters. The number of thioether (sulfide) groups is 1. The second-order valence-corrected chi connectivity index (χ2v) is 8.91. The monoisotopic (exact) mass is 413 g/mol. The predicted molar refractivity (Wildman–Crippen MR) is 117 cm³/mol. The summed E-state index contributed by atoms with van der Waals surface area (Å²) in [5.41, 5.74) is 2.25. The number of carbonyl (C=O) groups is 1. The van der Waals surface area contributed by atoms with E-state index < -0.39 is 0 Å². The zero-order valence-electron chi connectivity index (χ0n) is 17.3. The third-order valence-corrected chi connectivity index (χ3v) is 7.02. The quantitative estimate of drug-likeness (QED) is 0.622. The zero-order chi connectivity index (χ0) is 20.1. The Balaban J connectivity index is 1.50. The maximum absolute atomic E-state index is 12.9. The van der Waals surface area contributed by atoms with Gasteiger partial charge in [0, 0.05) is 19.2 Å². The summed E-state index contributed by atoms with van der Waals surface area (Å²) in [6.45, 7) is 4.72. The van der Waals surface area contributed by atoms with E-state index in [-0.39, 0.29) is 12.0 Å². The van der Waals surface area contributed by atoms with E-state index in [0.29, 0.717) is 11.8 Å². The van der Waals surface area contributed by atoms with Crippen LogP contribution in [0.2, 0.25) is 0 Å². The first kappa shape index (κ1) is 20.5. The van der Waals surface area contributed by atoms with E-state index in [9.17, 15) is 4.79 Å². The lowest BCUT2D eigenvalue weighted by molar-refractivity contribution is -0.132. The van der Waals surface area contributed by atoms with Crippen molar-refractivity contribution < 1.29 is 9.53 Å². The molecule has 0 aliphatic carbocycles. The minimum atomic E-state index is 0.230. The predicted octanol–water partition coefficient (Wildman–Crippen LogP) is 4.61. The summed E-state index contributed by atoms with van der Waals surface area (Å²) < 4.78 is 8.14. The van der Waals surface area contributed by atoms with Gasteiger partial charge in [-0.3, -0.25) is 4.79 Å². The van der Waals surface area contributed by atoms with Gasteiger partial charge in [-0.2, -0.15) is 0 Å². The Morgan fingerprint density at radius 1 is 1.21 bits per heavy atom. The van der Waals surface area contributed by atoms with Crippen LogP contribution in [0.5, 0.6) is 0 Å². The van der Waals surface area contributed by atoms with E-state index in [4.69, 9.17) is 9.72 Å². The number of ether oxygens (including phenoxy) is 1. The molecule has 6 heteroatoms. The number of nitrogens with zero attached hydrogens (tertiary/aromatic N) is 3. The maximum Gasteiger partial charge on any atom is 0.233 e. The molecule has 0 spiro atoms. The molecule has 1 aromatic carbocycles. The molecule has 1 amide bonds. The number of piperidine rings is 1. The van der Waals surface area contributed by atoms with E-state index >= 15 is 0 Å². The van der Waals surface area contributed by atoms with Crippen LogP contribution in [0.15, 0.2) is 41.7 Å². The minimum Gasteiger partial charge on any atom is -0.376 e. The van der Waals surface area contributed by atoms with Crippen LogP contribution < -0.4 is 0 Å². The SMILES string of the molecule is CCC1CCCCN1C(=O)CSc1ncc(-c2ccccc2)n1CC1CCCO1. The summed E-state index contributed by atoms with van der Waals surface area (Å²) in [6, 6.07) is 10.8. The van der Waals surface area contributed by atoms with Crippen LogP contribution in [0.3, 0.4) is 0 Å². The first-order valence-electron chi connectivity index (χ1n) is 10.9. The number of carbonyl (C=O) groups excluding carboxylic acids is 1. The van der Waals surface area contributed by atoms with Gasteiger partial charge in [-0.25, -0.2) is 4.98 Å². The fourth-order valence-corrected chi connectivity index (χ4v) is 5.32. The van der Waals surface area contributed by atoms with Gasteiger partial charge in [-0.05, 0) is 44.1 Å². The second kappa shape index (κ2) is 9.81. The summed E-state index contributed by atoms with van der Waals surface area (Å²) in [7, 11) is 0. The van der Waals surface area contributed by atoms with Crippen molar-refractivity contribution in [2.24, 2.45) is 0 Å². The lowest BCUT2D eigenvalue weighted by Crippen LogP contribution is -2.44. The van der Waals surface area contributed by atoms with Gasteiger partial charge in [0.05, 0.1) is 30.3 Å². The van der Waals surface area contributed by atoms with Crippen LogP contribution in [0.1, 0.15) is 45.4 Å². The Morgan fingerprint density at radius 2 is 2.07 bits per heavy atom. The first-order valence-corrected chi connectivity index (χ1v) is 11.9. The van der Waals surface area contributed by atoms with Gasteiger partial charge in [0.1, 0.15) is 0 Å². The average Bonchev–Trinajstić information content (AvgIpc) is 3.43. The van der Waals surface area contributed by atoms with E-state index in [2.05, 4.69) is 40.7 Å². The van der Waals surface area contributed by atoms with Crippen LogP contribution in [-0.4, -0.2) is 51.4 Å². The highest BCUT2D eigenvalue weighted by Gasteiger charge is 2.26. The van der Waals surface area contributed by atoms with Crippen molar-refractivity contribution >= 4 is 17.7 Å². The van der Waals surface area contributed by atoms with Crippen molar-refractivity contribution in [1.82, 2.24) is 14.5 Å². The molecule has 3 heterocycles. The van der Waals surface area contributed by atoms with Crippen molar-refractivity contribution in [3.8, 4) is 11.3 Å². The van der Waals surface area contributed by atoms with Crippen molar-refractivity contribution in [2.45, 2.75) is 69.3 Å². The molecule has 0 saturated carbocycles. The first-order chi connectivity index (χ1) is 14.3. The maximum atomic E-state index is 12.9. The third kappa shape index (κ3) is 4.86. The molecular formula is C23H31N3O2S. The molecule has 2 aliphatic rings. The molecule has 156 valence electrons. The number of aromatic nitrogens is 2. The fourth-order valence-electron chi connectivity index (χ4n) is 4.44. The molecule has 2 aromatic rings. The molecule has 4 rings (SSSR count). The van der Waals surface area contributed by atoms with Crippen molar-refractivity contribution in [1.29, 1.82) is 0 Å². The number of amides is 1. The summed E-state index contributed by atoms with van der Waals surface area (Å²) in [4.78, 5) is 19.7. The number of hydrogen-bond acceptors (Lipinski definition) is 4. The van der Waals surface area contributed by atoms with Crippen LogP contribution in [-0.2, 0) is 16.1 Å². The van der Waals surface area contributed by atoms with Gasteiger partial charge in [0.15, 0.2) is 5.16 Å². The van der Waals surface area contributed by atoms with E-state index in [1.54, 1.807) is 11.8 Å². The number of hydrogen-bond donors (Lipinski definition) is 0. The highest BCUT2D eigenvalue weighted by molar-refractivity contribution is 7.99. The van der Waals surface area contributed by atoms with Crippen molar-refractivity contribution in [3.63, 3.8) is 0 Å². The molecular weight excluding hydrogens is 382 g/mol. The van der Waals surface area contributed by atoms with E-state index in [1.165, 1.54) is 6.42 Å². The Hall–Kier alpha value is -1.79. The standard InChI is InChI=1S/C23H31N3O2S/c1-2-19-11-6-7-13-25(19)22(27)17-29-23-24-15-21(18-9-4-3-5-10-18)26(23)16-20-12-8-14-28-20/h3-5,9-10,15,19-20H,2,6-8,11-14,16-17H2,1H3. The number of benzene rings is 1. The molecule has 1 aromatic heterocycles. The fraction of sp³-hybridized carbons (Fsp3) is 0.565. The smallest absolute Gasteiger partial charge is 0.233 e. The van der Waals surface area contributed by atoms with Crippen LogP contribution in [0, 0.1) is 0 Å². The Bertz CT molecular complexity index is 802. The Morgan fingerprint density at radius 3 is 2.83 bits per heavy atom. The Kier molecular flexibility index (Phi) is 6.93. The largest absolute Gasteiger partial charge is 0.376 e. The van der Waals surface area contributed by atoms with Gasteiger partial charge < -0.3 is 14.2 Å². The van der Waals surface area contributed by atoms with Gasteiger partial charge >= 0.3 is 0 Å². The minimum absolute atomic E-state index is 0.230. The molecule has 0 bridgehead atoms. The highest BCUT2D eigenvalue weighted by atomic mass is 32.2. The lowest BCUT2D eigenvalue weighted by atomic mass is 10.0. The second-order valence-electron chi connectivity index (χ2n) is 7.97. The molecule has 2 saturated heterocycles. The lowest BCUT2D eigenvalue weighted by Gasteiger charge is -2.35. The van der Waals surface area contributed by atoms with Crippen molar-refractivity contribution in [2.75, 3.05) is 18.9 Å². The molecule has 2 fully saturated rings. The van der Waals surface area contributed by atoms with E-state index in [1.807, 2.05) is 12.3 Å². The van der Waals surface area contributed by atoms with Gasteiger partial charge in [0.2, 0.25) is 5.91 Å². The third-order valence-electron chi connectivity index (χ3n) is 6.04. The average molecular weight is 414 g/mol. The van der Waals surface area contributed by atoms with Gasteiger partial charge in [-0.15, -0.1) is 0 Å². The van der Waals surface area contributed by atoms with Crippen molar-refractivity contribution in [3.05, 3.63) is 36.5 Å². The number of rotatable bonds is 7. The van der Waals surface area contributed by atoms with Crippen LogP contribution >= 0.6 is 11.8 Å². The zero-order valence-corrected chi connectivity index (χ0v) is 18.1. The summed E-state index contributed by atoms with van der Waals surface area (Å²) >= 11 is 1.57. The molecule has 0 radical (unpaired) electrons. The number of imidazole rings is 1.